The van der Waals surface area contributed by atoms with Crippen LogP contribution in [0.4, 0.5) is 22.0 Å². The maximum atomic E-state index is 13.8. The van der Waals surface area contributed by atoms with Crippen molar-refractivity contribution in [3.05, 3.63) is 64.0 Å². The number of halogens is 5. The van der Waals surface area contributed by atoms with Crippen LogP contribution in [-0.4, -0.2) is 21.6 Å². The largest absolute Gasteiger partial charge is 0.480 e. The van der Waals surface area contributed by atoms with Crippen molar-refractivity contribution in [2.45, 2.75) is 25.6 Å². The Balaban J connectivity index is 2.23. The van der Waals surface area contributed by atoms with Crippen LogP contribution in [0.5, 0.6) is 0 Å². The van der Waals surface area contributed by atoms with Crippen LogP contribution >= 0.6 is 11.3 Å². The molecule has 1 aromatic heterocycles. The molecular formula is C19H13F5N2O3S. The lowest BCUT2D eigenvalue weighted by Crippen LogP contribution is -2.27. The molecule has 3 aromatic rings. The van der Waals surface area contributed by atoms with E-state index in [0.717, 1.165) is 46.2 Å². The molecule has 158 valence electrons. The van der Waals surface area contributed by atoms with E-state index in [1.807, 2.05) is 0 Å². The number of alkyl halides is 3. The third-order valence-corrected chi connectivity index (χ3v) is 5.30. The highest BCUT2D eigenvalue weighted by Gasteiger charge is 2.31. The number of amides is 1. The molecular weight excluding hydrogens is 431 g/mol. The average molecular weight is 444 g/mol. The van der Waals surface area contributed by atoms with Gasteiger partial charge in [-0.1, -0.05) is 24.3 Å². The summed E-state index contributed by atoms with van der Waals surface area (Å²) >= 11 is 0.724. The lowest BCUT2D eigenvalue weighted by atomic mass is 10.1. The summed E-state index contributed by atoms with van der Waals surface area (Å²) < 4.78 is 67.3. The summed E-state index contributed by atoms with van der Waals surface area (Å²) in [5.41, 5.74) is -1.41. The average Bonchev–Trinajstić information content (AvgIpc) is 2.99. The van der Waals surface area contributed by atoms with Crippen LogP contribution in [0, 0.1) is 11.6 Å². The number of nitrogens with zero attached hydrogens (tertiary/aromatic N) is 2. The van der Waals surface area contributed by atoms with E-state index < -0.39 is 41.3 Å². The summed E-state index contributed by atoms with van der Waals surface area (Å²) in [6.07, 6.45) is -4.63. The molecule has 0 saturated heterocycles. The highest BCUT2D eigenvalue weighted by atomic mass is 32.1. The topological polar surface area (TPSA) is 71.7 Å². The van der Waals surface area contributed by atoms with Gasteiger partial charge in [0.15, 0.2) is 16.4 Å². The van der Waals surface area contributed by atoms with Gasteiger partial charge in [-0.3, -0.25) is 4.79 Å². The summed E-state index contributed by atoms with van der Waals surface area (Å²) in [5, 5.41) is 9.49. The fourth-order valence-electron chi connectivity index (χ4n) is 2.86. The highest BCUT2D eigenvalue weighted by molar-refractivity contribution is 7.16. The minimum atomic E-state index is -4.67. The van der Waals surface area contributed by atoms with Crippen LogP contribution in [0.25, 0.3) is 10.2 Å². The molecule has 0 aliphatic rings. The van der Waals surface area contributed by atoms with Gasteiger partial charge in [-0.05, 0) is 30.7 Å². The SMILES string of the molecule is CC[C@@H](C(=O)O)n1c(=NC(=O)c2cccc(C(F)(F)F)c2)sc2cc(F)c(F)cc21. The smallest absolute Gasteiger partial charge is 0.416 e. The monoisotopic (exact) mass is 444 g/mol. The lowest BCUT2D eigenvalue weighted by molar-refractivity contribution is -0.141. The summed E-state index contributed by atoms with van der Waals surface area (Å²) in [6.45, 7) is 1.54. The number of hydrogen-bond donors (Lipinski definition) is 1. The Labute approximate surface area is 169 Å². The standard InChI is InChI=1S/C19H13F5N2O3S/c1-2-13(17(28)29)26-14-7-11(20)12(21)8-15(14)30-18(26)25-16(27)9-4-3-5-10(6-9)19(22,23)24/h3-8,13H,2H2,1H3,(H,28,29)/t13-/m0/s1. The molecule has 0 spiro atoms. The van der Waals surface area contributed by atoms with E-state index in [4.69, 9.17) is 0 Å². The first-order valence-electron chi connectivity index (χ1n) is 8.52. The third-order valence-electron chi connectivity index (χ3n) is 4.29. The van der Waals surface area contributed by atoms with E-state index in [1.165, 1.54) is 6.92 Å². The van der Waals surface area contributed by atoms with Crippen molar-refractivity contribution in [1.29, 1.82) is 0 Å². The molecule has 0 radical (unpaired) electrons. The predicted molar refractivity (Wildman–Crippen MR) is 98.0 cm³/mol. The van der Waals surface area contributed by atoms with E-state index >= 15 is 0 Å². The van der Waals surface area contributed by atoms with Gasteiger partial charge in [0.1, 0.15) is 6.04 Å². The Kier molecular flexibility index (Phi) is 5.75. The summed E-state index contributed by atoms with van der Waals surface area (Å²) in [7, 11) is 0. The Morgan fingerprint density at radius 3 is 2.43 bits per heavy atom. The molecule has 0 unspecified atom stereocenters. The molecule has 1 heterocycles. The Morgan fingerprint density at radius 1 is 1.17 bits per heavy atom. The summed E-state index contributed by atoms with van der Waals surface area (Å²) in [6, 6.07) is 3.97. The highest BCUT2D eigenvalue weighted by Crippen LogP contribution is 2.30. The summed E-state index contributed by atoms with van der Waals surface area (Å²) in [4.78, 5) is 27.7. The second-order valence-electron chi connectivity index (χ2n) is 6.25. The number of benzene rings is 2. The van der Waals surface area contributed by atoms with Crippen molar-refractivity contribution in [2.24, 2.45) is 4.99 Å². The van der Waals surface area contributed by atoms with Crippen LogP contribution in [0.15, 0.2) is 41.4 Å². The normalized spacial score (nSPS) is 13.6. The molecule has 0 aliphatic carbocycles. The molecule has 2 aromatic carbocycles. The zero-order valence-electron chi connectivity index (χ0n) is 15.2. The molecule has 0 bridgehead atoms. The number of fused-ring (bicyclic) bond motifs is 1. The van der Waals surface area contributed by atoms with Gasteiger partial charge >= 0.3 is 12.1 Å². The quantitative estimate of drug-likeness (QED) is 0.589. The minimum Gasteiger partial charge on any atom is -0.480 e. The van der Waals surface area contributed by atoms with Crippen molar-refractivity contribution in [1.82, 2.24) is 4.57 Å². The van der Waals surface area contributed by atoms with E-state index in [0.29, 0.717) is 6.07 Å². The number of aromatic nitrogens is 1. The minimum absolute atomic E-state index is 0.00347. The molecule has 1 amide bonds. The fourth-order valence-corrected chi connectivity index (χ4v) is 3.94. The van der Waals surface area contributed by atoms with Gasteiger partial charge in [0.2, 0.25) is 0 Å². The molecule has 11 heteroatoms. The van der Waals surface area contributed by atoms with E-state index in [2.05, 4.69) is 4.99 Å². The molecule has 0 aliphatic heterocycles. The van der Waals surface area contributed by atoms with Crippen LogP contribution < -0.4 is 4.80 Å². The zero-order chi connectivity index (χ0) is 22.2. The molecule has 0 fully saturated rings. The van der Waals surface area contributed by atoms with Crippen molar-refractivity contribution < 1.29 is 36.6 Å². The Bertz CT molecular complexity index is 1210. The first kappa shape index (κ1) is 21.6. The van der Waals surface area contributed by atoms with Crippen LogP contribution in [0.2, 0.25) is 0 Å². The second kappa shape index (κ2) is 7.98. The number of carboxylic acid groups (broad SMARTS) is 1. The second-order valence-corrected chi connectivity index (χ2v) is 7.26. The van der Waals surface area contributed by atoms with E-state index in [1.54, 1.807) is 0 Å². The number of carbonyl (C=O) groups excluding carboxylic acids is 1. The van der Waals surface area contributed by atoms with Crippen molar-refractivity contribution in [3.8, 4) is 0 Å². The van der Waals surface area contributed by atoms with Gasteiger partial charge in [-0.25, -0.2) is 13.6 Å². The van der Waals surface area contributed by atoms with Gasteiger partial charge < -0.3 is 9.67 Å². The molecule has 1 atom stereocenters. The van der Waals surface area contributed by atoms with Gasteiger partial charge in [-0.2, -0.15) is 18.2 Å². The number of hydrogen-bond acceptors (Lipinski definition) is 3. The number of carbonyl (C=O) groups is 2. The molecule has 0 saturated carbocycles. The van der Waals surface area contributed by atoms with Gasteiger partial charge in [0, 0.05) is 11.6 Å². The Morgan fingerprint density at radius 2 is 1.83 bits per heavy atom. The fraction of sp³-hybridized carbons (Fsp3) is 0.211. The molecule has 3 rings (SSSR count). The van der Waals surface area contributed by atoms with Gasteiger partial charge in [0.05, 0.1) is 15.8 Å². The number of thiazole rings is 1. The summed E-state index contributed by atoms with van der Waals surface area (Å²) in [5.74, 6) is -4.74. The van der Waals surface area contributed by atoms with Crippen LogP contribution in [0.1, 0.15) is 35.3 Å². The molecule has 1 N–H and O–H groups in total. The maximum absolute atomic E-state index is 13.8. The Hall–Kier alpha value is -3.08. The number of rotatable bonds is 4. The number of carboxylic acids is 1. The van der Waals surface area contributed by atoms with Crippen LogP contribution in [-0.2, 0) is 11.0 Å². The first-order valence-corrected chi connectivity index (χ1v) is 9.33. The maximum Gasteiger partial charge on any atom is 0.416 e. The zero-order valence-corrected chi connectivity index (χ0v) is 16.0. The first-order chi connectivity index (χ1) is 14.0. The van der Waals surface area contributed by atoms with Crippen molar-refractivity contribution in [3.63, 3.8) is 0 Å². The molecule has 5 nitrogen and oxygen atoms in total. The molecule has 30 heavy (non-hydrogen) atoms. The van der Waals surface area contributed by atoms with E-state index in [9.17, 15) is 36.6 Å². The predicted octanol–water partition coefficient (Wildman–Crippen LogP) is 4.78. The van der Waals surface area contributed by atoms with Gasteiger partial charge in [0.25, 0.3) is 5.91 Å². The van der Waals surface area contributed by atoms with Gasteiger partial charge in [-0.15, -0.1) is 0 Å². The van der Waals surface area contributed by atoms with Crippen molar-refractivity contribution >= 4 is 33.4 Å². The number of aliphatic carboxylic acids is 1. The van der Waals surface area contributed by atoms with Crippen LogP contribution in [0.3, 0.4) is 0 Å². The van der Waals surface area contributed by atoms with E-state index in [-0.39, 0.29) is 27.0 Å². The third kappa shape index (κ3) is 4.11. The van der Waals surface area contributed by atoms with Crippen molar-refractivity contribution in [2.75, 3.05) is 0 Å². The lowest BCUT2D eigenvalue weighted by Gasteiger charge is -2.13.